The molecule has 0 aromatic heterocycles. The molecule has 5 heteroatoms. The van der Waals surface area contributed by atoms with Crippen LogP contribution < -0.4 is 4.89 Å². The summed E-state index contributed by atoms with van der Waals surface area (Å²) in [7, 11) is -3.31. The molecule has 1 fully saturated rings. The highest BCUT2D eigenvalue weighted by atomic mass is 31.2. The van der Waals surface area contributed by atoms with E-state index in [-0.39, 0.29) is 12.1 Å². The van der Waals surface area contributed by atoms with Crippen LogP contribution in [0.1, 0.15) is 61.5 Å². The van der Waals surface area contributed by atoms with Gasteiger partial charge in [0, 0.05) is 0 Å². The predicted octanol–water partition coefficient (Wildman–Crippen LogP) is 8.89. The fourth-order valence-electron chi connectivity index (χ4n) is 5.95. The zero-order valence-corrected chi connectivity index (χ0v) is 26.4. The maximum absolute atomic E-state index is 16.3. The van der Waals surface area contributed by atoms with Gasteiger partial charge >= 0.3 is 0 Å². The number of hydrogen-bond acceptors (Lipinski definition) is 4. The standard InChI is InChI=1S/C38H43N2O2P/c1-4-5-26-42-38(31(2)3)30-43(41)39(28-32-18-10-6-11-19-32)36(34-22-14-8-15-23-34)27-37(35-24-16-9-17-25-35)40(43)29-33-20-12-7-13-21-33/h4-25,36-37H,26-30H2,1-3H3/b5-4+/t36-,37-/m0/s1. The zero-order chi connectivity index (χ0) is 30.1. The third kappa shape index (κ3) is 7.52. The van der Waals surface area contributed by atoms with Crippen LogP contribution in [0.5, 0.6) is 0 Å². The molecule has 0 saturated carbocycles. The molecule has 1 heterocycles. The Morgan fingerprint density at radius 2 is 1.14 bits per heavy atom. The lowest BCUT2D eigenvalue weighted by Gasteiger charge is -2.56. The van der Waals surface area contributed by atoms with Gasteiger partial charge < -0.3 is 9.63 Å². The average molecular weight is 591 g/mol. The quantitative estimate of drug-likeness (QED) is 0.0994. The van der Waals surface area contributed by atoms with Gasteiger partial charge in [-0.05, 0) is 55.0 Å². The van der Waals surface area contributed by atoms with E-state index in [2.05, 4.69) is 132 Å². The first-order chi connectivity index (χ1) is 21.0. The third-order valence-corrected chi connectivity index (χ3v) is 11.4. The van der Waals surface area contributed by atoms with Crippen LogP contribution in [0.25, 0.3) is 0 Å². The Bertz CT molecular complexity index is 1380. The summed E-state index contributed by atoms with van der Waals surface area (Å²) in [6.07, 6.45) is 5.15. The molecule has 0 radical (unpaired) electrons. The van der Waals surface area contributed by atoms with Crippen LogP contribution in [-0.4, -0.2) is 22.1 Å². The van der Waals surface area contributed by atoms with Gasteiger partial charge in [-0.15, -0.1) is 0 Å². The number of ether oxygens (including phenoxy) is 1. The van der Waals surface area contributed by atoms with Gasteiger partial charge in [-0.1, -0.05) is 133 Å². The zero-order valence-electron chi connectivity index (χ0n) is 25.6. The van der Waals surface area contributed by atoms with E-state index in [1.807, 2.05) is 31.2 Å². The smallest absolute Gasteiger partial charge is 0.143 e. The Morgan fingerprint density at radius 1 is 0.721 bits per heavy atom. The molecule has 1 aliphatic rings. The first-order valence-corrected chi connectivity index (χ1v) is 17.0. The predicted molar refractivity (Wildman–Crippen MR) is 178 cm³/mol. The van der Waals surface area contributed by atoms with Gasteiger partial charge in [0.2, 0.25) is 0 Å². The molecule has 0 aliphatic carbocycles. The highest BCUT2D eigenvalue weighted by molar-refractivity contribution is 7.64. The normalized spacial score (nSPS) is 21.1. The largest absolute Gasteiger partial charge is 0.650 e. The van der Waals surface area contributed by atoms with Gasteiger partial charge in [0.05, 0.1) is 25.2 Å². The molecule has 222 valence electrons. The fraction of sp³-hybridized carbons (Fsp3) is 0.263. The van der Waals surface area contributed by atoms with Crippen molar-refractivity contribution in [3.05, 3.63) is 167 Å². The first-order valence-electron chi connectivity index (χ1n) is 15.2. The Hall–Kier alpha value is -3.53. The van der Waals surface area contributed by atoms with Gasteiger partial charge in [-0.2, -0.15) is 9.34 Å². The van der Waals surface area contributed by atoms with Gasteiger partial charge in [0.15, 0.2) is 0 Å². The Kier molecular flexibility index (Phi) is 10.6. The van der Waals surface area contributed by atoms with Crippen molar-refractivity contribution >= 4 is 7.79 Å². The summed E-state index contributed by atoms with van der Waals surface area (Å²) >= 11 is 0. The Morgan fingerprint density at radius 3 is 1.53 bits per heavy atom. The molecule has 2 atom stereocenters. The molecule has 4 nitrogen and oxygen atoms in total. The lowest BCUT2D eigenvalue weighted by molar-refractivity contribution is -0.206. The van der Waals surface area contributed by atoms with E-state index < -0.39 is 7.79 Å². The highest BCUT2D eigenvalue weighted by Crippen LogP contribution is 2.70. The maximum atomic E-state index is 16.3. The molecule has 43 heavy (non-hydrogen) atoms. The van der Waals surface area contributed by atoms with Crippen molar-refractivity contribution in [1.82, 2.24) is 9.34 Å². The second-order valence-corrected chi connectivity index (χ2v) is 14.1. The average Bonchev–Trinajstić information content (AvgIpc) is 3.04. The molecular weight excluding hydrogens is 547 g/mol. The third-order valence-electron chi connectivity index (χ3n) is 8.21. The summed E-state index contributed by atoms with van der Waals surface area (Å²) in [6, 6.07) is 42.1. The molecule has 0 spiro atoms. The molecule has 1 saturated heterocycles. The van der Waals surface area contributed by atoms with E-state index in [9.17, 15) is 0 Å². The van der Waals surface area contributed by atoms with Crippen LogP contribution in [0.2, 0.25) is 0 Å². The summed E-state index contributed by atoms with van der Waals surface area (Å²) in [5, 5.41) is 0. The van der Waals surface area contributed by atoms with Crippen LogP contribution in [0.3, 0.4) is 0 Å². The van der Waals surface area contributed by atoms with Crippen LogP contribution in [0, 0.1) is 0 Å². The van der Waals surface area contributed by atoms with Crippen LogP contribution in [0.4, 0.5) is 0 Å². The van der Waals surface area contributed by atoms with Gasteiger partial charge in [0.1, 0.15) is 26.3 Å². The second kappa shape index (κ2) is 14.8. The molecule has 4 aromatic rings. The van der Waals surface area contributed by atoms with Crippen molar-refractivity contribution in [3.8, 4) is 0 Å². The molecule has 5 rings (SSSR count). The van der Waals surface area contributed by atoms with Crippen molar-refractivity contribution < 1.29 is 9.63 Å². The van der Waals surface area contributed by atoms with Crippen molar-refractivity contribution in [3.63, 3.8) is 0 Å². The summed E-state index contributed by atoms with van der Waals surface area (Å²) < 4.78 is 11.0. The minimum atomic E-state index is -3.31. The molecule has 0 N–H and O–H groups in total. The maximum Gasteiger partial charge on any atom is 0.143 e. The minimum Gasteiger partial charge on any atom is -0.650 e. The van der Waals surface area contributed by atoms with E-state index in [0.717, 1.165) is 28.9 Å². The Balaban J connectivity index is 1.70. The van der Waals surface area contributed by atoms with Crippen molar-refractivity contribution in [1.29, 1.82) is 0 Å². The molecular formula is C38H43N2O2P. The summed E-state index contributed by atoms with van der Waals surface area (Å²) in [5.74, 6) is 0.804. The summed E-state index contributed by atoms with van der Waals surface area (Å²) in [6.45, 7) is 7.73. The van der Waals surface area contributed by atoms with Crippen molar-refractivity contribution in [2.45, 2.75) is 52.4 Å². The molecule has 0 amide bonds. The molecule has 0 unspecified atom stereocenters. The van der Waals surface area contributed by atoms with Crippen molar-refractivity contribution in [2.75, 3.05) is 12.8 Å². The van der Waals surface area contributed by atoms with E-state index in [0.29, 0.717) is 25.9 Å². The van der Waals surface area contributed by atoms with E-state index >= 15 is 4.89 Å². The number of benzene rings is 4. The van der Waals surface area contributed by atoms with E-state index in [4.69, 9.17) is 4.74 Å². The number of nitrogens with zero attached hydrogens (tertiary/aromatic N) is 2. The number of allylic oxidation sites excluding steroid dienone is 3. The van der Waals surface area contributed by atoms with E-state index in [1.54, 1.807) is 0 Å². The lowest BCUT2D eigenvalue weighted by atomic mass is 9.94. The van der Waals surface area contributed by atoms with Crippen LogP contribution in [-0.2, 0) is 17.8 Å². The SMILES string of the molecule is C/C=C/COC(C[P+]1([O-])N(Cc2ccccc2)[C@H](c2ccccc2)C[C@@H](c2ccccc2)N1Cc1ccccc1)=C(C)C. The Labute approximate surface area is 258 Å². The minimum absolute atomic E-state index is 0.0431. The summed E-state index contributed by atoms with van der Waals surface area (Å²) in [4.78, 5) is 16.3. The summed E-state index contributed by atoms with van der Waals surface area (Å²) in [5.41, 5.74) is 5.72. The van der Waals surface area contributed by atoms with Crippen LogP contribution >= 0.6 is 7.79 Å². The van der Waals surface area contributed by atoms with E-state index in [1.165, 1.54) is 11.1 Å². The first kappa shape index (κ1) is 30.9. The number of hydrogen-bond donors (Lipinski definition) is 0. The fourth-order valence-corrected chi connectivity index (χ4v) is 9.48. The lowest BCUT2D eigenvalue weighted by Crippen LogP contribution is -2.51. The number of rotatable bonds is 11. The van der Waals surface area contributed by atoms with Gasteiger partial charge in [0.25, 0.3) is 0 Å². The topological polar surface area (TPSA) is 38.8 Å². The second-order valence-electron chi connectivity index (χ2n) is 11.4. The molecule has 0 bridgehead atoms. The van der Waals surface area contributed by atoms with Crippen molar-refractivity contribution in [2.24, 2.45) is 0 Å². The highest BCUT2D eigenvalue weighted by Gasteiger charge is 2.54. The van der Waals surface area contributed by atoms with Gasteiger partial charge in [-0.3, -0.25) is 0 Å². The molecule has 1 aliphatic heterocycles. The van der Waals surface area contributed by atoms with Gasteiger partial charge in [-0.25, -0.2) is 0 Å². The van der Waals surface area contributed by atoms with Crippen LogP contribution in [0.15, 0.2) is 145 Å². The molecule has 4 aromatic carbocycles. The monoisotopic (exact) mass is 590 g/mol.